The molecule has 8 heteroatoms. The lowest BCUT2D eigenvalue weighted by Crippen LogP contribution is -2.11. The molecule has 0 aliphatic carbocycles. The lowest BCUT2D eigenvalue weighted by molar-refractivity contribution is 0.0746. The molecule has 3 aromatic rings. The number of hydroxylamine groups is 1. The maximum absolute atomic E-state index is 6.03. The Labute approximate surface area is 147 Å². The highest BCUT2D eigenvalue weighted by Gasteiger charge is 2.02. The number of aliphatic imine (C=N–C) groups is 1. The highest BCUT2D eigenvalue weighted by molar-refractivity contribution is 7.16. The molecule has 0 unspecified atom stereocenters. The number of hydrogen-bond donors (Lipinski definition) is 1. The molecule has 1 N–H and O–H groups in total. The van der Waals surface area contributed by atoms with Crippen LogP contribution >= 0.6 is 34.5 Å². The van der Waals surface area contributed by atoms with E-state index in [0.29, 0.717) is 17.4 Å². The molecule has 0 amide bonds. The Balaban J connectivity index is 0.000000924. The molecule has 2 aromatic heterocycles. The Bertz CT molecular complexity index is 779. The minimum Gasteiger partial charge on any atom is -0.270 e. The van der Waals surface area contributed by atoms with Gasteiger partial charge in [0, 0.05) is 11.4 Å². The summed E-state index contributed by atoms with van der Waals surface area (Å²) in [6.45, 7) is 0.351. The third-order valence-corrected chi connectivity index (χ3v) is 3.94. The molecule has 0 saturated carbocycles. The van der Waals surface area contributed by atoms with E-state index in [4.69, 9.17) is 16.4 Å². The van der Waals surface area contributed by atoms with Gasteiger partial charge in [0.1, 0.15) is 24.1 Å². The van der Waals surface area contributed by atoms with E-state index in [2.05, 4.69) is 32.0 Å². The van der Waals surface area contributed by atoms with Crippen LogP contribution in [0.5, 0.6) is 0 Å². The Kier molecular flexibility index (Phi) is 7.22. The van der Waals surface area contributed by atoms with Crippen LogP contribution < -0.4 is 5.48 Å². The lowest BCUT2D eigenvalue weighted by Gasteiger charge is -2.04. The van der Waals surface area contributed by atoms with Gasteiger partial charge in [0.25, 0.3) is 0 Å². The van der Waals surface area contributed by atoms with Crippen molar-refractivity contribution in [3.05, 3.63) is 52.6 Å². The fraction of sp³-hybridized carbons (Fsp3) is 0.133. The molecule has 2 heterocycles. The Morgan fingerprint density at radius 1 is 1.26 bits per heavy atom. The first-order chi connectivity index (χ1) is 11.3. The maximum atomic E-state index is 6.03. The molecule has 0 aliphatic rings. The molecule has 3 rings (SSSR count). The van der Waals surface area contributed by atoms with Gasteiger partial charge in [-0.3, -0.25) is 10.3 Å². The zero-order valence-electron chi connectivity index (χ0n) is 12.2. The number of hydrogen-bond acceptors (Lipinski definition) is 5. The largest absolute Gasteiger partial charge is 0.270 e. The predicted octanol–water partition coefficient (Wildman–Crippen LogP) is 4.58. The van der Waals surface area contributed by atoms with Crippen molar-refractivity contribution >= 4 is 56.9 Å². The number of nitrogens with one attached hydrogen (secondary N) is 1. The van der Waals surface area contributed by atoms with Gasteiger partial charge in [-0.05, 0) is 23.1 Å². The predicted molar refractivity (Wildman–Crippen MR) is 96.7 cm³/mol. The summed E-state index contributed by atoms with van der Waals surface area (Å²) in [5.41, 5.74) is 3.56. The number of nitrogens with zero attached hydrogens (tertiary/aromatic N) is 3. The number of rotatable bonds is 5. The van der Waals surface area contributed by atoms with Crippen LogP contribution in [0.25, 0.3) is 10.2 Å². The molecule has 0 aliphatic heterocycles. The third-order valence-electron chi connectivity index (χ3n) is 2.75. The molecule has 0 bridgehead atoms. The fourth-order valence-corrected chi connectivity index (χ4v) is 2.66. The average Bonchev–Trinajstić information content (AvgIpc) is 3.07. The monoisotopic (exact) mass is 368 g/mol. The van der Waals surface area contributed by atoms with Gasteiger partial charge in [0.05, 0.1) is 5.39 Å². The van der Waals surface area contributed by atoms with Crippen LogP contribution in [0.4, 0.5) is 5.82 Å². The van der Waals surface area contributed by atoms with E-state index >= 15 is 0 Å². The topological polar surface area (TPSA) is 59.4 Å². The second kappa shape index (κ2) is 9.42. The van der Waals surface area contributed by atoms with Gasteiger partial charge in [0.2, 0.25) is 0 Å². The molecular formula is C15H14Cl2N4OS. The van der Waals surface area contributed by atoms with Crippen molar-refractivity contribution in [3.63, 3.8) is 0 Å². The SMILES string of the molecule is CCl.Clc1ccccc1CON/C=N\c1ncnc2sccc12. The molecule has 0 saturated heterocycles. The normalized spacial score (nSPS) is 10.6. The van der Waals surface area contributed by atoms with E-state index < -0.39 is 0 Å². The number of aromatic nitrogens is 2. The second-order valence-corrected chi connectivity index (χ2v) is 5.39. The molecule has 0 spiro atoms. The molecule has 5 nitrogen and oxygen atoms in total. The van der Waals surface area contributed by atoms with Crippen LogP contribution in [-0.4, -0.2) is 22.7 Å². The van der Waals surface area contributed by atoms with Crippen molar-refractivity contribution in [2.75, 3.05) is 6.38 Å². The Hall–Kier alpha value is -1.73. The summed E-state index contributed by atoms with van der Waals surface area (Å²) in [4.78, 5) is 18.7. The van der Waals surface area contributed by atoms with Gasteiger partial charge in [-0.25, -0.2) is 15.0 Å². The zero-order chi connectivity index (χ0) is 16.5. The molecule has 1 aromatic carbocycles. The first kappa shape index (κ1) is 17.6. The van der Waals surface area contributed by atoms with Gasteiger partial charge >= 0.3 is 0 Å². The summed E-state index contributed by atoms with van der Waals surface area (Å²) >= 11 is 12.2. The lowest BCUT2D eigenvalue weighted by atomic mass is 10.2. The van der Waals surface area contributed by atoms with Crippen molar-refractivity contribution in [3.8, 4) is 0 Å². The molecule has 120 valence electrons. The second-order valence-electron chi connectivity index (χ2n) is 4.09. The molecule has 0 atom stereocenters. The van der Waals surface area contributed by atoms with Gasteiger partial charge in [-0.2, -0.15) is 0 Å². The third kappa shape index (κ3) is 4.87. The van der Waals surface area contributed by atoms with E-state index in [0.717, 1.165) is 15.8 Å². The van der Waals surface area contributed by atoms with E-state index in [1.807, 2.05) is 35.7 Å². The molecular weight excluding hydrogens is 355 g/mol. The van der Waals surface area contributed by atoms with Gasteiger partial charge in [-0.15, -0.1) is 22.9 Å². The minimum absolute atomic E-state index is 0.351. The van der Waals surface area contributed by atoms with E-state index in [9.17, 15) is 0 Å². The van der Waals surface area contributed by atoms with Crippen LogP contribution in [-0.2, 0) is 11.4 Å². The van der Waals surface area contributed by atoms with Crippen LogP contribution in [0.15, 0.2) is 47.0 Å². The van der Waals surface area contributed by atoms with Crippen molar-refractivity contribution < 1.29 is 4.84 Å². The van der Waals surface area contributed by atoms with Crippen molar-refractivity contribution in [1.82, 2.24) is 15.4 Å². The van der Waals surface area contributed by atoms with Crippen LogP contribution in [0.1, 0.15) is 5.56 Å². The quantitative estimate of drug-likeness (QED) is 0.235. The number of alkyl halides is 1. The highest BCUT2D eigenvalue weighted by atomic mass is 35.5. The van der Waals surface area contributed by atoms with Gasteiger partial charge < -0.3 is 0 Å². The van der Waals surface area contributed by atoms with Crippen LogP contribution in [0.3, 0.4) is 0 Å². The molecule has 0 fully saturated rings. The maximum Gasteiger partial charge on any atom is 0.165 e. The highest BCUT2D eigenvalue weighted by Crippen LogP contribution is 2.25. The standard InChI is InChI=1S/C14H11ClN4OS.CH3Cl/c15-12-4-2-1-3-10(12)7-20-19-9-17-13-11-5-6-21-14(11)18-8-16-13;1-2/h1-6,8-9H,7H2,(H,16,17,18,19);1H3. The van der Waals surface area contributed by atoms with Gasteiger partial charge in [-0.1, -0.05) is 29.8 Å². The van der Waals surface area contributed by atoms with Crippen LogP contribution in [0.2, 0.25) is 5.02 Å². The number of benzene rings is 1. The number of thiophene rings is 1. The summed E-state index contributed by atoms with van der Waals surface area (Å²) in [7, 11) is 0. The number of fused-ring (bicyclic) bond motifs is 1. The summed E-state index contributed by atoms with van der Waals surface area (Å²) in [5, 5.41) is 3.55. The van der Waals surface area contributed by atoms with E-state index in [-0.39, 0.29) is 0 Å². The summed E-state index contributed by atoms with van der Waals surface area (Å²) < 4.78 is 0. The summed E-state index contributed by atoms with van der Waals surface area (Å²) in [5.74, 6) is 0.607. The molecule has 0 radical (unpaired) electrons. The average molecular weight is 369 g/mol. The van der Waals surface area contributed by atoms with Crippen LogP contribution in [0, 0.1) is 0 Å². The van der Waals surface area contributed by atoms with Crippen molar-refractivity contribution in [1.29, 1.82) is 0 Å². The zero-order valence-corrected chi connectivity index (χ0v) is 14.6. The molecule has 23 heavy (non-hydrogen) atoms. The minimum atomic E-state index is 0.351. The Morgan fingerprint density at radius 2 is 2.09 bits per heavy atom. The smallest absolute Gasteiger partial charge is 0.165 e. The Morgan fingerprint density at radius 3 is 2.91 bits per heavy atom. The van der Waals surface area contributed by atoms with Crippen molar-refractivity contribution in [2.45, 2.75) is 6.61 Å². The van der Waals surface area contributed by atoms with E-state index in [1.54, 1.807) is 11.3 Å². The van der Waals surface area contributed by atoms with E-state index in [1.165, 1.54) is 19.0 Å². The summed E-state index contributed by atoms with van der Waals surface area (Å²) in [6.07, 6.45) is 4.42. The fourth-order valence-electron chi connectivity index (χ4n) is 1.74. The van der Waals surface area contributed by atoms with Crippen molar-refractivity contribution in [2.24, 2.45) is 4.99 Å². The van der Waals surface area contributed by atoms with Gasteiger partial charge in [0.15, 0.2) is 5.82 Å². The first-order valence-electron chi connectivity index (χ1n) is 6.54. The number of halogens is 2. The first-order valence-corrected chi connectivity index (χ1v) is 8.55. The summed E-state index contributed by atoms with van der Waals surface area (Å²) in [6, 6.07) is 9.45.